The van der Waals surface area contributed by atoms with E-state index in [2.05, 4.69) is 46.1 Å². The Morgan fingerprint density at radius 3 is 2.03 bits per heavy atom. The van der Waals surface area contributed by atoms with Gasteiger partial charge in [0.1, 0.15) is 0 Å². The van der Waals surface area contributed by atoms with Gasteiger partial charge in [0.05, 0.1) is 16.8 Å². The maximum Gasteiger partial charge on any atom is 0.261 e. The lowest BCUT2D eigenvalue weighted by Crippen LogP contribution is -2.21. The lowest BCUT2D eigenvalue weighted by atomic mass is 10.2. The molecule has 0 amide bonds. The van der Waals surface area contributed by atoms with E-state index in [1.807, 2.05) is 12.1 Å². The van der Waals surface area contributed by atoms with E-state index in [9.17, 15) is 8.42 Å². The number of nitrogens with one attached hydrogen (secondary N) is 2. The second kappa shape index (κ2) is 9.93. The molecule has 3 rings (SSSR count). The van der Waals surface area contributed by atoms with Gasteiger partial charge >= 0.3 is 0 Å². The van der Waals surface area contributed by atoms with Crippen molar-refractivity contribution in [3.63, 3.8) is 0 Å². The van der Waals surface area contributed by atoms with Crippen LogP contribution in [0, 0.1) is 0 Å². The Bertz CT molecular complexity index is 1060. The Hall–Kier alpha value is -3.32. The van der Waals surface area contributed by atoms with Crippen LogP contribution >= 0.6 is 0 Å². The van der Waals surface area contributed by atoms with E-state index in [-0.39, 0.29) is 4.90 Å². The first kappa shape index (κ1) is 21.4. The van der Waals surface area contributed by atoms with Gasteiger partial charge in [0, 0.05) is 24.5 Å². The van der Waals surface area contributed by atoms with Crippen LogP contribution in [0.4, 0.5) is 17.1 Å². The molecular formula is C23H26N4O2S. The van der Waals surface area contributed by atoms with Gasteiger partial charge in [-0.1, -0.05) is 30.3 Å². The van der Waals surface area contributed by atoms with Crippen molar-refractivity contribution in [1.29, 1.82) is 0 Å². The molecule has 0 aliphatic carbocycles. The van der Waals surface area contributed by atoms with Crippen molar-refractivity contribution in [3.8, 4) is 0 Å². The predicted octanol–water partition coefficient (Wildman–Crippen LogP) is 4.78. The standard InChI is InChI=1S/C23H26N4O2S/c1-3-27(4-2)22-16-10-19(11-17-22)18-24-25-20-12-14-21(15-13-20)26-30(28,29)23-8-6-5-7-9-23/h5-18,25-26H,3-4H2,1-2H3/b24-18+. The molecule has 0 aliphatic rings. The van der Waals surface area contributed by atoms with Crippen LogP contribution in [0.3, 0.4) is 0 Å². The fourth-order valence-corrected chi connectivity index (χ4v) is 4.05. The number of hydrogen-bond acceptors (Lipinski definition) is 5. The van der Waals surface area contributed by atoms with Gasteiger partial charge in [-0.15, -0.1) is 0 Å². The van der Waals surface area contributed by atoms with Crippen molar-refractivity contribution in [2.45, 2.75) is 18.7 Å². The largest absolute Gasteiger partial charge is 0.372 e. The molecule has 0 atom stereocenters. The van der Waals surface area contributed by atoms with Crippen LogP contribution in [0.1, 0.15) is 19.4 Å². The molecule has 3 aromatic carbocycles. The quantitative estimate of drug-likeness (QED) is 0.384. The zero-order valence-corrected chi connectivity index (χ0v) is 17.9. The molecule has 0 unspecified atom stereocenters. The Morgan fingerprint density at radius 1 is 0.833 bits per heavy atom. The van der Waals surface area contributed by atoms with Gasteiger partial charge in [0.25, 0.3) is 10.0 Å². The summed E-state index contributed by atoms with van der Waals surface area (Å²) in [6.07, 6.45) is 1.75. The first-order valence-corrected chi connectivity index (χ1v) is 11.3. The molecule has 0 aromatic heterocycles. The van der Waals surface area contributed by atoms with Crippen LogP contribution in [0.25, 0.3) is 0 Å². The van der Waals surface area contributed by atoms with E-state index in [1.165, 1.54) is 5.69 Å². The summed E-state index contributed by atoms with van der Waals surface area (Å²) >= 11 is 0. The van der Waals surface area contributed by atoms with Crippen LogP contribution in [0.15, 0.2) is 88.9 Å². The maximum absolute atomic E-state index is 12.4. The second-order valence-electron chi connectivity index (χ2n) is 6.63. The van der Waals surface area contributed by atoms with Crippen molar-refractivity contribution < 1.29 is 8.42 Å². The number of hydrogen-bond donors (Lipinski definition) is 2. The number of sulfonamides is 1. The highest BCUT2D eigenvalue weighted by Crippen LogP contribution is 2.18. The Kier molecular flexibility index (Phi) is 7.08. The number of rotatable bonds is 9. The number of hydrazone groups is 1. The molecule has 0 bridgehead atoms. The van der Waals surface area contributed by atoms with Crippen molar-refractivity contribution >= 4 is 33.3 Å². The van der Waals surface area contributed by atoms with E-state index in [1.54, 1.807) is 60.8 Å². The summed E-state index contributed by atoms with van der Waals surface area (Å²) in [7, 11) is -3.60. The second-order valence-corrected chi connectivity index (χ2v) is 8.31. The highest BCUT2D eigenvalue weighted by atomic mass is 32.2. The van der Waals surface area contributed by atoms with Crippen LogP contribution in [-0.4, -0.2) is 27.7 Å². The summed E-state index contributed by atoms with van der Waals surface area (Å²) in [5.41, 5.74) is 6.39. The fraction of sp³-hybridized carbons (Fsp3) is 0.174. The van der Waals surface area contributed by atoms with E-state index in [0.29, 0.717) is 5.69 Å². The van der Waals surface area contributed by atoms with Crippen LogP contribution < -0.4 is 15.0 Å². The maximum atomic E-state index is 12.4. The van der Waals surface area contributed by atoms with Gasteiger partial charge in [-0.05, 0) is 67.9 Å². The van der Waals surface area contributed by atoms with Gasteiger partial charge < -0.3 is 4.90 Å². The van der Waals surface area contributed by atoms with E-state index < -0.39 is 10.0 Å². The molecule has 7 heteroatoms. The summed E-state index contributed by atoms with van der Waals surface area (Å²) < 4.78 is 27.3. The fourth-order valence-electron chi connectivity index (χ4n) is 2.97. The van der Waals surface area contributed by atoms with Gasteiger partial charge in [0.15, 0.2) is 0 Å². The molecule has 3 aromatic rings. The highest BCUT2D eigenvalue weighted by molar-refractivity contribution is 7.92. The van der Waals surface area contributed by atoms with Crippen molar-refractivity contribution in [1.82, 2.24) is 0 Å². The molecule has 0 radical (unpaired) electrons. The first-order chi connectivity index (χ1) is 14.5. The molecule has 0 spiro atoms. The summed E-state index contributed by atoms with van der Waals surface area (Å²) in [6.45, 7) is 6.23. The lowest BCUT2D eigenvalue weighted by Gasteiger charge is -2.20. The molecule has 2 N–H and O–H groups in total. The highest BCUT2D eigenvalue weighted by Gasteiger charge is 2.13. The topological polar surface area (TPSA) is 73.8 Å². The average molecular weight is 423 g/mol. The minimum atomic E-state index is -3.60. The van der Waals surface area contributed by atoms with E-state index in [4.69, 9.17) is 0 Å². The third-order valence-corrected chi connectivity index (χ3v) is 6.02. The summed E-state index contributed by atoms with van der Waals surface area (Å²) in [6, 6.07) is 23.4. The number of nitrogens with zero attached hydrogens (tertiary/aromatic N) is 2. The summed E-state index contributed by atoms with van der Waals surface area (Å²) in [5.74, 6) is 0. The smallest absolute Gasteiger partial charge is 0.261 e. The van der Waals surface area contributed by atoms with E-state index >= 15 is 0 Å². The monoisotopic (exact) mass is 422 g/mol. The molecule has 0 fully saturated rings. The summed E-state index contributed by atoms with van der Waals surface area (Å²) in [4.78, 5) is 2.51. The van der Waals surface area contributed by atoms with Crippen molar-refractivity contribution in [3.05, 3.63) is 84.4 Å². The van der Waals surface area contributed by atoms with Gasteiger partial charge in [-0.3, -0.25) is 10.1 Å². The molecule has 156 valence electrons. The predicted molar refractivity (Wildman–Crippen MR) is 125 cm³/mol. The Morgan fingerprint density at radius 2 is 1.43 bits per heavy atom. The van der Waals surface area contributed by atoms with Crippen LogP contribution in [0.5, 0.6) is 0 Å². The third-order valence-electron chi connectivity index (χ3n) is 4.62. The zero-order chi connectivity index (χ0) is 21.4. The molecule has 0 saturated heterocycles. The number of benzene rings is 3. The molecule has 6 nitrogen and oxygen atoms in total. The minimum Gasteiger partial charge on any atom is -0.372 e. The normalized spacial score (nSPS) is 11.4. The molecule has 0 heterocycles. The number of anilines is 3. The molecule has 30 heavy (non-hydrogen) atoms. The van der Waals surface area contributed by atoms with Crippen LogP contribution in [-0.2, 0) is 10.0 Å². The lowest BCUT2D eigenvalue weighted by molar-refractivity contribution is 0.601. The van der Waals surface area contributed by atoms with Gasteiger partial charge in [0.2, 0.25) is 0 Å². The molecule has 0 aliphatic heterocycles. The Labute approximate surface area is 178 Å². The minimum absolute atomic E-state index is 0.226. The Balaban J connectivity index is 1.58. The third kappa shape index (κ3) is 5.61. The van der Waals surface area contributed by atoms with E-state index in [0.717, 1.165) is 24.3 Å². The SMILES string of the molecule is CCN(CC)c1ccc(/C=N/Nc2ccc(NS(=O)(=O)c3ccccc3)cc2)cc1. The zero-order valence-electron chi connectivity index (χ0n) is 17.1. The first-order valence-electron chi connectivity index (χ1n) is 9.84. The van der Waals surface area contributed by atoms with Crippen molar-refractivity contribution in [2.75, 3.05) is 28.1 Å². The van der Waals surface area contributed by atoms with Gasteiger partial charge in [-0.25, -0.2) is 8.42 Å². The summed E-state index contributed by atoms with van der Waals surface area (Å²) in [5, 5.41) is 4.25. The van der Waals surface area contributed by atoms with Gasteiger partial charge in [-0.2, -0.15) is 5.10 Å². The van der Waals surface area contributed by atoms with Crippen LogP contribution in [0.2, 0.25) is 0 Å². The molecular weight excluding hydrogens is 396 g/mol. The van der Waals surface area contributed by atoms with Crippen molar-refractivity contribution in [2.24, 2.45) is 5.10 Å². The average Bonchev–Trinajstić information content (AvgIpc) is 2.77. The molecule has 0 saturated carbocycles.